The number of carbonyl (C=O) groups is 2. The molecule has 3 aromatic carbocycles. The summed E-state index contributed by atoms with van der Waals surface area (Å²) in [6.45, 7) is 5.04. The van der Waals surface area contributed by atoms with E-state index in [4.69, 9.17) is 32.7 Å². The molecule has 0 spiro atoms. The number of sulfonamides is 1. The van der Waals surface area contributed by atoms with Crippen LogP contribution in [0.15, 0.2) is 65.6 Å². The molecule has 0 saturated heterocycles. The summed E-state index contributed by atoms with van der Waals surface area (Å²) in [5.74, 6) is -0.456. The lowest BCUT2D eigenvalue weighted by atomic mass is 10.1. The highest BCUT2D eigenvalue weighted by Gasteiger charge is 2.34. The highest BCUT2D eigenvalue weighted by Crippen LogP contribution is 2.36. The van der Waals surface area contributed by atoms with Gasteiger partial charge in [0.05, 0.1) is 24.8 Å². The van der Waals surface area contributed by atoms with E-state index in [1.54, 1.807) is 43.3 Å². The number of nitrogens with zero attached hydrogens (tertiary/aromatic N) is 2. The molecular formula is C30H35Cl2N3O6S. The van der Waals surface area contributed by atoms with E-state index in [2.05, 4.69) is 5.32 Å². The number of anilines is 1. The predicted molar refractivity (Wildman–Crippen MR) is 165 cm³/mol. The van der Waals surface area contributed by atoms with Gasteiger partial charge < -0.3 is 19.7 Å². The average Bonchev–Trinajstić information content (AvgIpc) is 2.97. The lowest BCUT2D eigenvalue weighted by Gasteiger charge is -2.32. The fourth-order valence-electron chi connectivity index (χ4n) is 4.15. The Morgan fingerprint density at radius 2 is 1.67 bits per heavy atom. The molecule has 12 heteroatoms. The minimum absolute atomic E-state index is 0.0215. The number of nitrogens with one attached hydrogen (secondary N) is 1. The van der Waals surface area contributed by atoms with Gasteiger partial charge in [0.25, 0.3) is 10.0 Å². The van der Waals surface area contributed by atoms with Gasteiger partial charge in [-0.3, -0.25) is 13.9 Å². The molecule has 42 heavy (non-hydrogen) atoms. The highest BCUT2D eigenvalue weighted by atomic mass is 35.5. The molecule has 3 aromatic rings. The number of carbonyl (C=O) groups excluding carboxylic acids is 2. The zero-order valence-corrected chi connectivity index (χ0v) is 26.5. The van der Waals surface area contributed by atoms with Gasteiger partial charge in [0.2, 0.25) is 11.8 Å². The molecule has 1 N–H and O–H groups in total. The second kappa shape index (κ2) is 14.6. The maximum Gasteiger partial charge on any atom is 0.264 e. The number of rotatable bonds is 13. The molecule has 0 aliphatic heterocycles. The Kier molecular flexibility index (Phi) is 11.5. The van der Waals surface area contributed by atoms with E-state index in [9.17, 15) is 18.0 Å². The summed E-state index contributed by atoms with van der Waals surface area (Å²) < 4.78 is 40.0. The molecule has 9 nitrogen and oxygen atoms in total. The monoisotopic (exact) mass is 635 g/mol. The van der Waals surface area contributed by atoms with Gasteiger partial charge in [-0.05, 0) is 62.2 Å². The van der Waals surface area contributed by atoms with Gasteiger partial charge in [0.15, 0.2) is 0 Å². The van der Waals surface area contributed by atoms with Crippen LogP contribution < -0.4 is 19.1 Å². The van der Waals surface area contributed by atoms with Crippen LogP contribution in [0.3, 0.4) is 0 Å². The zero-order chi connectivity index (χ0) is 31.0. The van der Waals surface area contributed by atoms with Crippen molar-refractivity contribution < 1.29 is 27.5 Å². The summed E-state index contributed by atoms with van der Waals surface area (Å²) in [4.78, 5) is 28.4. The number of hydrogen-bond acceptors (Lipinski definition) is 6. The Balaban J connectivity index is 2.13. The van der Waals surface area contributed by atoms with Crippen molar-refractivity contribution in [1.29, 1.82) is 0 Å². The van der Waals surface area contributed by atoms with E-state index in [1.165, 1.54) is 43.4 Å². The van der Waals surface area contributed by atoms with Crippen LogP contribution in [0.2, 0.25) is 10.0 Å². The first-order chi connectivity index (χ1) is 19.9. The van der Waals surface area contributed by atoms with Crippen molar-refractivity contribution in [3.05, 3.63) is 81.8 Å². The smallest absolute Gasteiger partial charge is 0.264 e. The molecule has 0 bridgehead atoms. The lowest BCUT2D eigenvalue weighted by Crippen LogP contribution is -2.51. The summed E-state index contributed by atoms with van der Waals surface area (Å²) in [6, 6.07) is 14.8. The predicted octanol–water partition coefficient (Wildman–Crippen LogP) is 5.46. The van der Waals surface area contributed by atoms with Crippen LogP contribution in [0, 0.1) is 6.92 Å². The van der Waals surface area contributed by atoms with Gasteiger partial charge in [0.1, 0.15) is 24.1 Å². The minimum Gasteiger partial charge on any atom is -0.497 e. The van der Waals surface area contributed by atoms with Crippen LogP contribution >= 0.6 is 23.2 Å². The molecule has 0 unspecified atom stereocenters. The first kappa shape index (κ1) is 33.0. The van der Waals surface area contributed by atoms with E-state index in [-0.39, 0.29) is 28.8 Å². The van der Waals surface area contributed by atoms with Crippen LogP contribution in [0.5, 0.6) is 11.5 Å². The first-order valence-corrected chi connectivity index (χ1v) is 15.4. The van der Waals surface area contributed by atoms with Crippen LogP contribution in [0.4, 0.5) is 5.69 Å². The van der Waals surface area contributed by atoms with E-state index in [0.717, 1.165) is 9.87 Å². The van der Waals surface area contributed by atoms with E-state index in [1.807, 2.05) is 13.8 Å². The third-order valence-electron chi connectivity index (χ3n) is 6.61. The molecule has 0 aliphatic rings. The Bertz CT molecular complexity index is 1520. The van der Waals surface area contributed by atoms with Gasteiger partial charge in [0, 0.05) is 29.2 Å². The van der Waals surface area contributed by atoms with Crippen LogP contribution in [0.1, 0.15) is 31.4 Å². The van der Waals surface area contributed by atoms with Crippen molar-refractivity contribution in [3.63, 3.8) is 0 Å². The molecule has 1 atom stereocenters. The molecule has 3 rings (SSSR count). The number of hydrogen-bond donors (Lipinski definition) is 1. The van der Waals surface area contributed by atoms with Gasteiger partial charge in [-0.25, -0.2) is 8.42 Å². The Hall–Kier alpha value is -3.47. The summed E-state index contributed by atoms with van der Waals surface area (Å²) >= 11 is 12.5. The van der Waals surface area contributed by atoms with E-state index < -0.39 is 28.5 Å². The van der Waals surface area contributed by atoms with Gasteiger partial charge in [-0.2, -0.15) is 0 Å². The number of benzene rings is 3. The molecular weight excluding hydrogens is 601 g/mol. The van der Waals surface area contributed by atoms with Gasteiger partial charge >= 0.3 is 0 Å². The molecule has 0 heterocycles. The zero-order valence-electron chi connectivity index (χ0n) is 24.2. The molecule has 0 saturated carbocycles. The number of aryl methyl sites for hydroxylation is 1. The number of ether oxygens (including phenoxy) is 2. The van der Waals surface area contributed by atoms with Crippen LogP contribution in [-0.4, -0.2) is 58.5 Å². The SMILES string of the molecule is CCCNC(=O)[C@H](C)N(Cc1ccc(Cl)cc1Cl)C(=O)CN(c1cc(OC)ccc1OC)S(=O)(=O)c1ccc(C)cc1. The quantitative estimate of drug-likeness (QED) is 0.267. The normalized spacial score (nSPS) is 11.9. The van der Waals surface area contributed by atoms with Gasteiger partial charge in [-0.1, -0.05) is 53.9 Å². The van der Waals surface area contributed by atoms with Crippen LogP contribution in [0.25, 0.3) is 0 Å². The van der Waals surface area contributed by atoms with Crippen molar-refractivity contribution in [1.82, 2.24) is 10.2 Å². The highest BCUT2D eigenvalue weighted by molar-refractivity contribution is 7.92. The molecule has 0 radical (unpaired) electrons. The maximum atomic E-state index is 14.1. The molecule has 0 fully saturated rings. The Morgan fingerprint density at radius 1 is 0.976 bits per heavy atom. The minimum atomic E-state index is -4.30. The van der Waals surface area contributed by atoms with Gasteiger partial charge in [-0.15, -0.1) is 0 Å². The summed E-state index contributed by atoms with van der Waals surface area (Å²) in [7, 11) is -1.45. The lowest BCUT2D eigenvalue weighted by molar-refractivity contribution is -0.139. The van der Waals surface area contributed by atoms with Crippen molar-refractivity contribution in [2.45, 2.75) is 44.7 Å². The summed E-state index contributed by atoms with van der Waals surface area (Å²) in [6.07, 6.45) is 0.702. The second-order valence-corrected chi connectivity index (χ2v) is 12.3. The first-order valence-electron chi connectivity index (χ1n) is 13.3. The molecule has 226 valence electrons. The third-order valence-corrected chi connectivity index (χ3v) is 8.98. The average molecular weight is 637 g/mol. The fourth-order valence-corrected chi connectivity index (χ4v) is 6.04. The van der Waals surface area contributed by atoms with Crippen molar-refractivity contribution in [2.24, 2.45) is 0 Å². The van der Waals surface area contributed by atoms with Crippen LogP contribution in [-0.2, 0) is 26.2 Å². The van der Waals surface area contributed by atoms with Crippen molar-refractivity contribution >= 4 is 50.7 Å². The fraction of sp³-hybridized carbons (Fsp3) is 0.333. The largest absolute Gasteiger partial charge is 0.497 e. The summed E-state index contributed by atoms with van der Waals surface area (Å²) in [5.41, 5.74) is 1.50. The number of amides is 2. The molecule has 2 amide bonds. The third kappa shape index (κ3) is 7.87. The van der Waals surface area contributed by atoms with E-state index >= 15 is 0 Å². The number of halogens is 2. The second-order valence-electron chi connectivity index (χ2n) is 9.59. The van der Waals surface area contributed by atoms with E-state index in [0.29, 0.717) is 34.3 Å². The standard InChI is InChI=1S/C30H35Cl2N3O6S/c1-6-15-33-30(37)21(3)34(18-22-9-10-23(31)16-26(22)32)29(36)19-35(27-17-24(40-4)11-14-28(27)41-5)42(38,39)25-12-7-20(2)8-13-25/h7-14,16-17,21H,6,15,18-19H2,1-5H3,(H,33,37)/t21-/m0/s1. The molecule has 0 aromatic heterocycles. The molecule has 0 aliphatic carbocycles. The Labute approximate surface area is 257 Å². The number of methoxy groups -OCH3 is 2. The van der Waals surface area contributed by atoms with Crippen molar-refractivity contribution in [2.75, 3.05) is 31.6 Å². The summed E-state index contributed by atoms with van der Waals surface area (Å²) in [5, 5.41) is 3.52. The topological polar surface area (TPSA) is 105 Å². The maximum absolute atomic E-state index is 14.1. The Morgan fingerprint density at radius 3 is 2.26 bits per heavy atom. The van der Waals surface area contributed by atoms with Crippen molar-refractivity contribution in [3.8, 4) is 11.5 Å².